The minimum Gasteiger partial charge on any atom is -0.381 e. The topological polar surface area (TPSA) is 55.4 Å². The smallest absolute Gasteiger partial charge is 0.234 e. The van der Waals surface area contributed by atoms with Gasteiger partial charge >= 0.3 is 0 Å². The van der Waals surface area contributed by atoms with E-state index in [1.54, 1.807) is 0 Å². The summed E-state index contributed by atoms with van der Waals surface area (Å²) in [4.78, 5) is 24.2. The van der Waals surface area contributed by atoms with Crippen molar-refractivity contribution in [3.05, 3.63) is 34.3 Å². The molecule has 0 radical (unpaired) electrons. The predicted molar refractivity (Wildman–Crippen MR) is 77.1 cm³/mol. The van der Waals surface area contributed by atoms with Gasteiger partial charge in [-0.25, -0.2) is 0 Å². The molecule has 3 rings (SSSR count). The Labute approximate surface area is 126 Å². The number of hydrogen-bond donors (Lipinski definition) is 1. The van der Waals surface area contributed by atoms with Crippen LogP contribution in [-0.2, 0) is 14.3 Å². The molecule has 4 nitrogen and oxygen atoms in total. The summed E-state index contributed by atoms with van der Waals surface area (Å²) in [7, 11) is 0. The van der Waals surface area contributed by atoms with Crippen LogP contribution in [0.5, 0.6) is 0 Å². The van der Waals surface area contributed by atoms with E-state index in [1.807, 2.05) is 24.3 Å². The van der Waals surface area contributed by atoms with Crippen molar-refractivity contribution in [2.24, 2.45) is 5.41 Å². The van der Waals surface area contributed by atoms with Gasteiger partial charge in [-0.3, -0.25) is 14.9 Å². The third-order valence-electron chi connectivity index (χ3n) is 4.22. The molecule has 2 heterocycles. The lowest BCUT2D eigenvalue weighted by Crippen LogP contribution is -2.53. The van der Waals surface area contributed by atoms with Gasteiger partial charge in [-0.15, -0.1) is 0 Å². The maximum atomic E-state index is 12.4. The number of piperidine rings is 1. The molecular formula is C15H16BrNO3. The molecule has 2 amide bonds. The van der Waals surface area contributed by atoms with Crippen molar-refractivity contribution >= 4 is 27.7 Å². The lowest BCUT2D eigenvalue weighted by Gasteiger charge is -2.45. The van der Waals surface area contributed by atoms with Gasteiger partial charge in [-0.1, -0.05) is 34.1 Å². The van der Waals surface area contributed by atoms with Crippen LogP contribution in [0.2, 0.25) is 0 Å². The van der Waals surface area contributed by atoms with Crippen molar-refractivity contribution in [3.63, 3.8) is 0 Å². The van der Waals surface area contributed by atoms with E-state index in [0.717, 1.165) is 22.9 Å². The minimum absolute atomic E-state index is 0.191. The van der Waals surface area contributed by atoms with Crippen LogP contribution in [0.25, 0.3) is 0 Å². The Kier molecular flexibility index (Phi) is 3.65. The van der Waals surface area contributed by atoms with E-state index in [2.05, 4.69) is 21.2 Å². The number of benzene rings is 1. The molecule has 0 bridgehead atoms. The summed E-state index contributed by atoms with van der Waals surface area (Å²) in [6.45, 7) is 1.18. The van der Waals surface area contributed by atoms with Crippen molar-refractivity contribution in [1.82, 2.24) is 5.32 Å². The molecule has 0 saturated carbocycles. The van der Waals surface area contributed by atoms with E-state index in [9.17, 15) is 9.59 Å². The number of halogens is 1. The molecule has 2 atom stereocenters. The van der Waals surface area contributed by atoms with Gasteiger partial charge in [0.05, 0.1) is 12.5 Å². The zero-order valence-corrected chi connectivity index (χ0v) is 12.6. The summed E-state index contributed by atoms with van der Waals surface area (Å²) in [5.41, 5.74) is 0.532. The lowest BCUT2D eigenvalue weighted by molar-refractivity contribution is -0.146. The molecule has 2 saturated heterocycles. The van der Waals surface area contributed by atoms with E-state index >= 15 is 0 Å². The number of carbonyl (C=O) groups is 2. The van der Waals surface area contributed by atoms with Gasteiger partial charge in [-0.05, 0) is 24.5 Å². The molecule has 0 aliphatic carbocycles. The molecular weight excluding hydrogens is 322 g/mol. The van der Waals surface area contributed by atoms with Gasteiger partial charge < -0.3 is 4.74 Å². The number of nitrogens with one attached hydrogen (secondary N) is 1. The highest BCUT2D eigenvalue weighted by Gasteiger charge is 2.50. The lowest BCUT2D eigenvalue weighted by atomic mass is 9.64. The second-order valence-electron chi connectivity index (χ2n) is 5.56. The maximum Gasteiger partial charge on any atom is 0.234 e. The maximum absolute atomic E-state index is 12.4. The van der Waals surface area contributed by atoms with Crippen LogP contribution >= 0.6 is 15.9 Å². The Morgan fingerprint density at radius 1 is 1.30 bits per heavy atom. The number of rotatable bonds is 1. The minimum atomic E-state index is -0.401. The third kappa shape index (κ3) is 2.29. The van der Waals surface area contributed by atoms with Crippen LogP contribution in [0.3, 0.4) is 0 Å². The fourth-order valence-electron chi connectivity index (χ4n) is 3.37. The Morgan fingerprint density at radius 3 is 2.80 bits per heavy atom. The summed E-state index contributed by atoms with van der Waals surface area (Å²) in [5, 5.41) is 2.47. The standard InChI is InChI=1S/C15H16BrNO3/c16-11-5-2-1-4-10(11)13-14(19)17-12(18)8-15(13)6-3-7-20-9-15/h1-2,4-5,13H,3,6-9H2,(H,17,18,19). The molecule has 0 aromatic heterocycles. The molecule has 1 aromatic rings. The van der Waals surface area contributed by atoms with Crippen molar-refractivity contribution in [2.75, 3.05) is 13.2 Å². The molecule has 20 heavy (non-hydrogen) atoms. The van der Waals surface area contributed by atoms with E-state index in [4.69, 9.17) is 4.74 Å². The fraction of sp³-hybridized carbons (Fsp3) is 0.467. The van der Waals surface area contributed by atoms with Crippen LogP contribution in [0.1, 0.15) is 30.7 Å². The van der Waals surface area contributed by atoms with Gasteiger partial charge in [0.2, 0.25) is 11.8 Å². The van der Waals surface area contributed by atoms with Crippen molar-refractivity contribution in [3.8, 4) is 0 Å². The number of carbonyl (C=O) groups excluding carboxylic acids is 2. The molecule has 2 fully saturated rings. The van der Waals surface area contributed by atoms with E-state index in [-0.39, 0.29) is 17.7 Å². The predicted octanol–water partition coefficient (Wildman–Crippen LogP) is 2.38. The first-order valence-electron chi connectivity index (χ1n) is 6.78. The Morgan fingerprint density at radius 2 is 2.10 bits per heavy atom. The third-order valence-corrected chi connectivity index (χ3v) is 4.94. The first kappa shape index (κ1) is 13.8. The second kappa shape index (κ2) is 5.30. The largest absolute Gasteiger partial charge is 0.381 e. The van der Waals surface area contributed by atoms with E-state index in [1.165, 1.54) is 0 Å². The average molecular weight is 338 g/mol. The van der Waals surface area contributed by atoms with Gasteiger partial charge in [-0.2, -0.15) is 0 Å². The SMILES string of the molecule is O=C1CC2(CCCOC2)C(c2ccccc2Br)C(=O)N1. The summed E-state index contributed by atoms with van der Waals surface area (Å²) in [5.74, 6) is -0.737. The summed E-state index contributed by atoms with van der Waals surface area (Å²) in [6, 6.07) is 7.71. The molecule has 1 spiro atoms. The number of ether oxygens (including phenoxy) is 1. The van der Waals surface area contributed by atoms with Gasteiger partial charge in [0.1, 0.15) is 0 Å². The van der Waals surface area contributed by atoms with E-state index in [0.29, 0.717) is 19.6 Å². The molecule has 2 unspecified atom stereocenters. The summed E-state index contributed by atoms with van der Waals surface area (Å²) >= 11 is 3.52. The first-order valence-corrected chi connectivity index (χ1v) is 7.58. The Balaban J connectivity index is 2.06. The molecule has 1 N–H and O–H groups in total. The summed E-state index contributed by atoms with van der Waals surface area (Å²) < 4.78 is 6.51. The number of amides is 2. The molecule has 2 aliphatic heterocycles. The first-order chi connectivity index (χ1) is 9.62. The van der Waals surface area contributed by atoms with E-state index < -0.39 is 5.41 Å². The summed E-state index contributed by atoms with van der Waals surface area (Å²) in [6.07, 6.45) is 2.09. The van der Waals surface area contributed by atoms with Gasteiger partial charge in [0.25, 0.3) is 0 Å². The van der Waals surface area contributed by atoms with Crippen molar-refractivity contribution < 1.29 is 14.3 Å². The normalized spacial score (nSPS) is 30.4. The zero-order chi connectivity index (χ0) is 14.2. The monoisotopic (exact) mass is 337 g/mol. The van der Waals surface area contributed by atoms with Crippen LogP contribution in [0.4, 0.5) is 0 Å². The highest BCUT2D eigenvalue weighted by atomic mass is 79.9. The van der Waals surface area contributed by atoms with Crippen LogP contribution in [0, 0.1) is 5.41 Å². The Bertz CT molecular complexity index is 552. The second-order valence-corrected chi connectivity index (χ2v) is 6.42. The zero-order valence-electron chi connectivity index (χ0n) is 11.0. The van der Waals surface area contributed by atoms with Crippen LogP contribution < -0.4 is 5.32 Å². The average Bonchev–Trinajstić information content (AvgIpc) is 2.41. The molecule has 1 aromatic carbocycles. The van der Waals surface area contributed by atoms with Crippen molar-refractivity contribution in [1.29, 1.82) is 0 Å². The number of hydrogen-bond acceptors (Lipinski definition) is 3. The highest BCUT2D eigenvalue weighted by Crippen LogP contribution is 2.48. The fourth-order valence-corrected chi connectivity index (χ4v) is 3.89. The number of imide groups is 1. The van der Waals surface area contributed by atoms with Gasteiger partial charge in [0.15, 0.2) is 0 Å². The van der Waals surface area contributed by atoms with Gasteiger partial charge in [0, 0.05) is 22.9 Å². The molecule has 5 heteroatoms. The van der Waals surface area contributed by atoms with Crippen molar-refractivity contribution in [2.45, 2.75) is 25.2 Å². The molecule has 106 valence electrons. The van der Waals surface area contributed by atoms with Crippen LogP contribution in [-0.4, -0.2) is 25.0 Å². The van der Waals surface area contributed by atoms with Crippen LogP contribution in [0.15, 0.2) is 28.7 Å². The highest BCUT2D eigenvalue weighted by molar-refractivity contribution is 9.10. The quantitative estimate of drug-likeness (QED) is 0.800. The molecule has 2 aliphatic rings. The Hall–Kier alpha value is -1.20.